The van der Waals surface area contributed by atoms with Gasteiger partial charge in [-0.15, -0.1) is 0 Å². The van der Waals surface area contributed by atoms with Crippen molar-refractivity contribution in [1.29, 1.82) is 0 Å². The van der Waals surface area contributed by atoms with E-state index in [0.717, 1.165) is 5.82 Å². The second kappa shape index (κ2) is 7.16. The van der Waals surface area contributed by atoms with Crippen LogP contribution in [0.1, 0.15) is 25.6 Å². The summed E-state index contributed by atoms with van der Waals surface area (Å²) in [6.07, 6.45) is 2.35. The van der Waals surface area contributed by atoms with E-state index in [9.17, 15) is 0 Å². The van der Waals surface area contributed by atoms with Gasteiger partial charge in [0, 0.05) is 18.7 Å². The van der Waals surface area contributed by atoms with Crippen molar-refractivity contribution >= 4 is 29.2 Å². The maximum absolute atomic E-state index is 6.00. The lowest BCUT2D eigenvalue weighted by Crippen LogP contribution is -2.25. The van der Waals surface area contributed by atoms with Crippen molar-refractivity contribution in [3.05, 3.63) is 17.0 Å². The molecule has 0 amide bonds. The predicted octanol–water partition coefficient (Wildman–Crippen LogP) is 2.97. The Kier molecular flexibility index (Phi) is 5.53. The summed E-state index contributed by atoms with van der Waals surface area (Å²) in [6.45, 7) is 3.01. The fraction of sp³-hybridized carbons (Fsp3) is 0.667. The lowest BCUT2D eigenvalue weighted by atomic mass is 10.1. The number of nitrogens with one attached hydrogen (secondary N) is 1. The van der Waals surface area contributed by atoms with Gasteiger partial charge in [0.05, 0.1) is 0 Å². The first kappa shape index (κ1) is 13.9. The highest BCUT2D eigenvalue weighted by Crippen LogP contribution is 2.21. The van der Waals surface area contributed by atoms with E-state index in [-0.39, 0.29) is 0 Å². The molecule has 1 aliphatic rings. The highest BCUT2D eigenvalue weighted by atomic mass is 35.5. The lowest BCUT2D eigenvalue weighted by Gasteiger charge is -2.23. The molecule has 1 aromatic rings. The predicted molar refractivity (Wildman–Crippen MR) is 76.3 cm³/mol. The molecule has 18 heavy (non-hydrogen) atoms. The summed E-state index contributed by atoms with van der Waals surface area (Å²) >= 11 is 8.00. The fourth-order valence-electron chi connectivity index (χ4n) is 1.85. The highest BCUT2D eigenvalue weighted by Gasteiger charge is 2.14. The molecule has 2 rings (SSSR count). The number of anilines is 1. The smallest absolute Gasteiger partial charge is 0.158 e. The Morgan fingerprint density at radius 2 is 2.22 bits per heavy atom. The topological polar surface area (TPSA) is 47.0 Å². The van der Waals surface area contributed by atoms with Gasteiger partial charge >= 0.3 is 0 Å². The third-order valence-corrected chi connectivity index (χ3v) is 3.99. The zero-order valence-corrected chi connectivity index (χ0v) is 12.1. The zero-order chi connectivity index (χ0) is 12.8. The largest absolute Gasteiger partial charge is 0.374 e. The maximum atomic E-state index is 6.00. The SMILES string of the molecule is CCOCc1nc(Cl)cc(NC2CCSCC2)n1. The molecule has 100 valence electrons. The van der Waals surface area contributed by atoms with Crippen LogP contribution in [0.2, 0.25) is 5.15 Å². The quantitative estimate of drug-likeness (QED) is 0.844. The second-order valence-corrected chi connectivity index (χ2v) is 5.77. The molecular formula is C12H18ClN3OS. The van der Waals surface area contributed by atoms with E-state index in [0.29, 0.717) is 30.2 Å². The third kappa shape index (κ3) is 4.30. The van der Waals surface area contributed by atoms with E-state index in [2.05, 4.69) is 15.3 Å². The van der Waals surface area contributed by atoms with E-state index in [1.165, 1.54) is 24.3 Å². The van der Waals surface area contributed by atoms with E-state index < -0.39 is 0 Å². The molecule has 0 atom stereocenters. The van der Waals surface area contributed by atoms with Gasteiger partial charge < -0.3 is 10.1 Å². The molecule has 1 aliphatic heterocycles. The Morgan fingerprint density at radius 3 is 2.94 bits per heavy atom. The van der Waals surface area contributed by atoms with Gasteiger partial charge in [0.25, 0.3) is 0 Å². The van der Waals surface area contributed by atoms with Crippen LogP contribution in [0.3, 0.4) is 0 Å². The Morgan fingerprint density at radius 1 is 1.44 bits per heavy atom. The summed E-state index contributed by atoms with van der Waals surface area (Å²) in [4.78, 5) is 8.58. The van der Waals surface area contributed by atoms with Crippen molar-refractivity contribution in [2.45, 2.75) is 32.4 Å². The minimum Gasteiger partial charge on any atom is -0.374 e. The van der Waals surface area contributed by atoms with Crippen molar-refractivity contribution in [2.75, 3.05) is 23.4 Å². The first-order valence-electron chi connectivity index (χ1n) is 6.23. The van der Waals surface area contributed by atoms with Gasteiger partial charge in [-0.2, -0.15) is 11.8 Å². The Balaban J connectivity index is 1.99. The molecule has 6 heteroatoms. The molecule has 1 fully saturated rings. The van der Waals surface area contributed by atoms with Crippen LogP contribution >= 0.6 is 23.4 Å². The normalized spacial score (nSPS) is 16.8. The van der Waals surface area contributed by atoms with E-state index >= 15 is 0 Å². The van der Waals surface area contributed by atoms with Crippen molar-refractivity contribution in [1.82, 2.24) is 9.97 Å². The number of ether oxygens (including phenoxy) is 1. The molecule has 0 saturated carbocycles. The summed E-state index contributed by atoms with van der Waals surface area (Å²) in [5.74, 6) is 3.86. The first-order valence-corrected chi connectivity index (χ1v) is 7.76. The van der Waals surface area contributed by atoms with Crippen LogP contribution in [0.25, 0.3) is 0 Å². The summed E-state index contributed by atoms with van der Waals surface area (Å²) in [5, 5.41) is 3.90. The molecule has 0 aromatic carbocycles. The zero-order valence-electron chi connectivity index (χ0n) is 10.5. The monoisotopic (exact) mass is 287 g/mol. The standard InChI is InChI=1S/C12H18ClN3OS/c1-2-17-8-12-15-10(13)7-11(16-12)14-9-3-5-18-6-4-9/h7,9H,2-6,8H2,1H3,(H,14,15,16). The van der Waals surface area contributed by atoms with Gasteiger partial charge in [-0.25, -0.2) is 9.97 Å². The van der Waals surface area contributed by atoms with Crippen LogP contribution in [0, 0.1) is 0 Å². The van der Waals surface area contributed by atoms with Crippen LogP contribution in [0.4, 0.5) is 5.82 Å². The number of rotatable bonds is 5. The minimum atomic E-state index is 0.409. The minimum absolute atomic E-state index is 0.409. The van der Waals surface area contributed by atoms with Gasteiger partial charge in [0.1, 0.15) is 17.6 Å². The molecule has 0 bridgehead atoms. The van der Waals surface area contributed by atoms with Crippen molar-refractivity contribution in [3.63, 3.8) is 0 Å². The van der Waals surface area contributed by atoms with Gasteiger partial charge in [-0.3, -0.25) is 0 Å². The average Bonchev–Trinajstić information content (AvgIpc) is 2.37. The van der Waals surface area contributed by atoms with Crippen LogP contribution in [-0.4, -0.2) is 34.1 Å². The van der Waals surface area contributed by atoms with Crippen molar-refractivity contribution in [2.24, 2.45) is 0 Å². The van der Waals surface area contributed by atoms with Gasteiger partial charge in [-0.05, 0) is 31.3 Å². The molecule has 0 radical (unpaired) electrons. The highest BCUT2D eigenvalue weighted by molar-refractivity contribution is 7.99. The van der Waals surface area contributed by atoms with E-state index in [1.54, 1.807) is 6.07 Å². The van der Waals surface area contributed by atoms with Crippen LogP contribution in [0.15, 0.2) is 6.07 Å². The molecule has 0 spiro atoms. The number of thioether (sulfide) groups is 1. The second-order valence-electron chi connectivity index (χ2n) is 4.16. The number of aromatic nitrogens is 2. The first-order chi connectivity index (χ1) is 8.78. The van der Waals surface area contributed by atoms with Gasteiger partial charge in [0.15, 0.2) is 5.82 Å². The van der Waals surface area contributed by atoms with Gasteiger partial charge in [0.2, 0.25) is 0 Å². The number of hydrogen-bond acceptors (Lipinski definition) is 5. The van der Waals surface area contributed by atoms with Crippen LogP contribution in [-0.2, 0) is 11.3 Å². The molecule has 1 aromatic heterocycles. The van der Waals surface area contributed by atoms with Crippen LogP contribution < -0.4 is 5.32 Å². The van der Waals surface area contributed by atoms with Crippen LogP contribution in [0.5, 0.6) is 0 Å². The van der Waals surface area contributed by atoms with Gasteiger partial charge in [-0.1, -0.05) is 11.6 Å². The van der Waals surface area contributed by atoms with Crippen molar-refractivity contribution < 1.29 is 4.74 Å². The summed E-state index contributed by atoms with van der Waals surface area (Å²) in [7, 11) is 0. The van der Waals surface area contributed by atoms with Crippen molar-refractivity contribution in [3.8, 4) is 0 Å². The summed E-state index contributed by atoms with van der Waals surface area (Å²) in [5.41, 5.74) is 0. The Bertz CT molecular complexity index is 386. The molecule has 4 nitrogen and oxygen atoms in total. The summed E-state index contributed by atoms with van der Waals surface area (Å²) in [6, 6.07) is 2.27. The number of halogens is 1. The molecule has 1 saturated heterocycles. The molecule has 0 unspecified atom stereocenters. The molecule has 1 N–H and O–H groups in total. The number of hydrogen-bond donors (Lipinski definition) is 1. The Labute approximate surface area is 117 Å². The van der Waals surface area contributed by atoms with E-state index in [4.69, 9.17) is 16.3 Å². The molecule has 2 heterocycles. The fourth-order valence-corrected chi connectivity index (χ4v) is 3.15. The van der Waals surface area contributed by atoms with E-state index in [1.807, 2.05) is 18.7 Å². The average molecular weight is 288 g/mol. The molecule has 0 aliphatic carbocycles. The molecular weight excluding hydrogens is 270 g/mol. The summed E-state index contributed by atoms with van der Waals surface area (Å²) < 4.78 is 5.30. The maximum Gasteiger partial charge on any atom is 0.158 e. The number of nitrogens with zero attached hydrogens (tertiary/aromatic N) is 2. The third-order valence-electron chi connectivity index (χ3n) is 2.75. The Hall–Kier alpha value is -0.520. The lowest BCUT2D eigenvalue weighted by molar-refractivity contribution is 0.128.